The highest BCUT2D eigenvalue weighted by Gasteiger charge is 2.19. The van der Waals surface area contributed by atoms with E-state index in [1.54, 1.807) is 48.2 Å². The van der Waals surface area contributed by atoms with Crippen LogP contribution in [0, 0.1) is 5.41 Å². The van der Waals surface area contributed by atoms with Crippen molar-refractivity contribution >= 4 is 29.3 Å². The fraction of sp³-hybridized carbons (Fsp3) is 0.462. The molecule has 0 heterocycles. The summed E-state index contributed by atoms with van der Waals surface area (Å²) in [5, 5.41) is 12.8. The van der Waals surface area contributed by atoms with E-state index in [-0.39, 0.29) is 17.9 Å². The Labute approximate surface area is 207 Å². The minimum atomic E-state index is -0.977. The van der Waals surface area contributed by atoms with Crippen LogP contribution in [0.3, 0.4) is 0 Å². The number of nitrogens with one attached hydrogen (secondary N) is 1. The Kier molecular flexibility index (Phi) is 10.7. The number of carbonyl (C=O) groups is 2. The number of nitrogens with zero attached hydrogens (tertiary/aromatic N) is 1. The highest BCUT2D eigenvalue weighted by molar-refractivity contribution is 6.30. The number of benzene rings is 2. The van der Waals surface area contributed by atoms with Gasteiger partial charge in [-0.2, -0.15) is 0 Å². The first-order chi connectivity index (χ1) is 16.1. The Morgan fingerprint density at radius 3 is 2.26 bits per heavy atom. The molecule has 0 bridgehead atoms. The number of hydrogen-bond donors (Lipinski definition) is 2. The minimum absolute atomic E-state index is 0.0881. The van der Waals surface area contributed by atoms with Gasteiger partial charge in [-0.1, -0.05) is 44.5 Å². The van der Waals surface area contributed by atoms with Crippen LogP contribution in [0.4, 0.5) is 10.5 Å². The number of urea groups is 1. The lowest BCUT2D eigenvalue weighted by molar-refractivity contribution is -0.149. The van der Waals surface area contributed by atoms with Crippen molar-refractivity contribution in [3.8, 4) is 5.75 Å². The van der Waals surface area contributed by atoms with E-state index < -0.39 is 12.1 Å². The number of halogens is 1. The Bertz CT molecular complexity index is 910. The molecule has 1 atom stereocenters. The molecule has 2 aromatic rings. The van der Waals surface area contributed by atoms with Gasteiger partial charge in [0.15, 0.2) is 6.10 Å². The van der Waals surface area contributed by atoms with Gasteiger partial charge in [0, 0.05) is 30.3 Å². The van der Waals surface area contributed by atoms with E-state index in [2.05, 4.69) is 26.1 Å². The fourth-order valence-corrected chi connectivity index (χ4v) is 3.28. The molecular formula is C26H35ClN2O5. The molecule has 0 aromatic heterocycles. The second-order valence-electron chi connectivity index (χ2n) is 9.21. The average molecular weight is 491 g/mol. The van der Waals surface area contributed by atoms with Crippen molar-refractivity contribution in [2.75, 3.05) is 31.6 Å². The average Bonchev–Trinajstić information content (AvgIpc) is 2.77. The molecule has 0 aliphatic rings. The molecule has 186 valence electrons. The number of carboxylic acids is 1. The lowest BCUT2D eigenvalue weighted by atomic mass is 9.92. The van der Waals surface area contributed by atoms with Gasteiger partial charge in [0.05, 0.1) is 6.54 Å². The number of rotatable bonds is 12. The number of carboxylic acid groups (broad SMARTS) is 1. The van der Waals surface area contributed by atoms with E-state index in [1.807, 2.05) is 12.1 Å². The molecule has 2 amide bonds. The number of ether oxygens (including phenoxy) is 2. The van der Waals surface area contributed by atoms with Gasteiger partial charge in [-0.15, -0.1) is 0 Å². The predicted octanol–water partition coefficient (Wildman–Crippen LogP) is 5.72. The summed E-state index contributed by atoms with van der Waals surface area (Å²) in [7, 11) is 0. The van der Waals surface area contributed by atoms with Crippen LogP contribution in [0.5, 0.6) is 5.75 Å². The molecular weight excluding hydrogens is 456 g/mol. The molecule has 2 rings (SSSR count). The maximum atomic E-state index is 12.9. The topological polar surface area (TPSA) is 88.1 Å². The Balaban J connectivity index is 1.93. The minimum Gasteiger partial charge on any atom is -0.492 e. The van der Waals surface area contributed by atoms with Crippen molar-refractivity contribution in [2.24, 2.45) is 5.41 Å². The Hall–Kier alpha value is -2.77. The van der Waals surface area contributed by atoms with E-state index in [4.69, 9.17) is 21.1 Å². The van der Waals surface area contributed by atoms with Gasteiger partial charge in [-0.25, -0.2) is 9.59 Å². The Morgan fingerprint density at radius 2 is 1.71 bits per heavy atom. The van der Waals surface area contributed by atoms with Gasteiger partial charge < -0.3 is 24.8 Å². The summed E-state index contributed by atoms with van der Waals surface area (Å²) >= 11 is 5.93. The van der Waals surface area contributed by atoms with Gasteiger partial charge in [0.2, 0.25) is 0 Å². The van der Waals surface area contributed by atoms with Crippen LogP contribution in [-0.4, -0.2) is 54.4 Å². The quantitative estimate of drug-likeness (QED) is 0.397. The number of hydrogen-bond acceptors (Lipinski definition) is 4. The first kappa shape index (κ1) is 27.5. The number of anilines is 1. The Morgan fingerprint density at radius 1 is 1.06 bits per heavy atom. The van der Waals surface area contributed by atoms with E-state index in [9.17, 15) is 14.7 Å². The second-order valence-corrected chi connectivity index (χ2v) is 9.65. The summed E-state index contributed by atoms with van der Waals surface area (Å²) < 4.78 is 11.1. The molecule has 2 N–H and O–H groups in total. The van der Waals surface area contributed by atoms with Crippen LogP contribution in [-0.2, 0) is 16.0 Å². The molecule has 8 heteroatoms. The van der Waals surface area contributed by atoms with Crippen molar-refractivity contribution in [1.29, 1.82) is 0 Å². The number of carbonyl (C=O) groups excluding carboxylic acids is 1. The zero-order chi connectivity index (χ0) is 25.1. The highest BCUT2D eigenvalue weighted by Crippen LogP contribution is 2.20. The summed E-state index contributed by atoms with van der Waals surface area (Å²) in [5.74, 6) is -0.324. The third kappa shape index (κ3) is 10.0. The van der Waals surface area contributed by atoms with E-state index in [0.29, 0.717) is 42.8 Å². The monoisotopic (exact) mass is 490 g/mol. The first-order valence-corrected chi connectivity index (χ1v) is 11.8. The smallest absolute Gasteiger partial charge is 0.333 e. The molecule has 2 aromatic carbocycles. The molecule has 0 spiro atoms. The normalized spacial score (nSPS) is 12.1. The molecule has 0 saturated heterocycles. The molecule has 0 radical (unpaired) electrons. The molecule has 1 unspecified atom stereocenters. The van der Waals surface area contributed by atoms with Crippen LogP contribution >= 0.6 is 11.6 Å². The third-order valence-electron chi connectivity index (χ3n) is 5.13. The summed E-state index contributed by atoms with van der Waals surface area (Å²) in [6.45, 7) is 9.88. The van der Waals surface area contributed by atoms with Crippen molar-refractivity contribution in [1.82, 2.24) is 4.90 Å². The lowest BCUT2D eigenvalue weighted by Gasteiger charge is -2.27. The van der Waals surface area contributed by atoms with Gasteiger partial charge in [-0.3, -0.25) is 0 Å². The molecule has 0 fully saturated rings. The first-order valence-electron chi connectivity index (χ1n) is 11.4. The summed E-state index contributed by atoms with van der Waals surface area (Å²) in [4.78, 5) is 25.9. The molecule has 34 heavy (non-hydrogen) atoms. The van der Waals surface area contributed by atoms with Gasteiger partial charge in [0.25, 0.3) is 0 Å². The third-order valence-corrected chi connectivity index (χ3v) is 5.38. The SMILES string of the molecule is CCOC(Cc1ccc(OCCN(CCC(C)(C)C)C(=O)Nc2ccc(Cl)cc2)cc1)C(=O)O. The van der Waals surface area contributed by atoms with Crippen LogP contribution < -0.4 is 10.1 Å². The molecule has 0 aliphatic carbocycles. The zero-order valence-corrected chi connectivity index (χ0v) is 21.1. The number of amides is 2. The van der Waals surface area contributed by atoms with E-state index in [0.717, 1.165) is 12.0 Å². The van der Waals surface area contributed by atoms with Crippen molar-refractivity contribution < 1.29 is 24.2 Å². The molecule has 7 nitrogen and oxygen atoms in total. The van der Waals surface area contributed by atoms with Crippen molar-refractivity contribution in [2.45, 2.75) is 46.6 Å². The fourth-order valence-electron chi connectivity index (χ4n) is 3.15. The molecule has 0 aliphatic heterocycles. The van der Waals surface area contributed by atoms with Crippen LogP contribution in [0.2, 0.25) is 5.02 Å². The van der Waals surface area contributed by atoms with Gasteiger partial charge >= 0.3 is 12.0 Å². The summed E-state index contributed by atoms with van der Waals surface area (Å²) in [6.07, 6.45) is 0.266. The van der Waals surface area contributed by atoms with Crippen LogP contribution in [0.1, 0.15) is 39.7 Å². The molecule has 0 saturated carbocycles. The largest absolute Gasteiger partial charge is 0.492 e. The van der Waals surface area contributed by atoms with Crippen LogP contribution in [0.25, 0.3) is 0 Å². The van der Waals surface area contributed by atoms with Gasteiger partial charge in [0.1, 0.15) is 12.4 Å². The van der Waals surface area contributed by atoms with E-state index in [1.165, 1.54) is 0 Å². The second kappa shape index (κ2) is 13.2. The van der Waals surface area contributed by atoms with Crippen molar-refractivity contribution in [3.63, 3.8) is 0 Å². The maximum absolute atomic E-state index is 12.9. The maximum Gasteiger partial charge on any atom is 0.333 e. The standard InChI is InChI=1S/C26H35ClN2O5/c1-5-33-23(24(30)31)18-19-6-12-22(13-7-19)34-17-16-29(15-14-26(2,3)4)25(32)28-21-10-8-20(27)9-11-21/h6-13,23H,5,14-18H2,1-4H3,(H,28,32)(H,30,31). The summed E-state index contributed by atoms with van der Waals surface area (Å²) in [6, 6.07) is 14.1. The predicted molar refractivity (Wildman–Crippen MR) is 135 cm³/mol. The summed E-state index contributed by atoms with van der Waals surface area (Å²) in [5.41, 5.74) is 1.62. The van der Waals surface area contributed by atoms with Gasteiger partial charge in [-0.05, 0) is 60.7 Å². The highest BCUT2D eigenvalue weighted by atomic mass is 35.5. The van der Waals surface area contributed by atoms with Crippen LogP contribution in [0.15, 0.2) is 48.5 Å². The lowest BCUT2D eigenvalue weighted by Crippen LogP contribution is -2.39. The van der Waals surface area contributed by atoms with Crippen molar-refractivity contribution in [3.05, 3.63) is 59.1 Å². The van der Waals surface area contributed by atoms with E-state index >= 15 is 0 Å². The zero-order valence-electron chi connectivity index (χ0n) is 20.3. The number of aliphatic carboxylic acids is 1.